The Kier molecular flexibility index (Phi) is 18.7. The Balaban J connectivity index is 1.10. The van der Waals surface area contributed by atoms with Crippen LogP contribution in [0.3, 0.4) is 0 Å². The number of nitrogens with zero attached hydrogens (tertiary/aromatic N) is 4. The van der Waals surface area contributed by atoms with Crippen LogP contribution in [-0.2, 0) is 37.9 Å². The van der Waals surface area contributed by atoms with Gasteiger partial charge in [0, 0.05) is 77.9 Å². The molecule has 2 aromatic heterocycles. The number of fused-ring (bicyclic) bond motifs is 6. The van der Waals surface area contributed by atoms with E-state index in [4.69, 9.17) is 0 Å². The molecule has 0 saturated heterocycles. The van der Waals surface area contributed by atoms with Crippen molar-refractivity contribution >= 4 is 77.7 Å². The van der Waals surface area contributed by atoms with Gasteiger partial charge in [-0.25, -0.2) is 0 Å². The van der Waals surface area contributed by atoms with Gasteiger partial charge in [-0.3, -0.25) is 0 Å². The molecule has 0 bridgehead atoms. The number of rotatable bonds is 12. The molecule has 0 spiro atoms. The summed E-state index contributed by atoms with van der Waals surface area (Å²) in [7, 11) is 0. The lowest BCUT2D eigenvalue weighted by Gasteiger charge is -2.36. The molecule has 110 heavy (non-hydrogen) atoms. The van der Waals surface area contributed by atoms with E-state index < -0.39 is 0 Å². The van der Waals surface area contributed by atoms with Gasteiger partial charge in [0.1, 0.15) is 0 Å². The van der Waals surface area contributed by atoms with Crippen LogP contribution in [0, 0.1) is 0 Å². The van der Waals surface area contributed by atoms with Gasteiger partial charge >= 0.3 is 0 Å². The van der Waals surface area contributed by atoms with E-state index >= 15 is 0 Å². The lowest BCUT2D eigenvalue weighted by atomic mass is 9.81. The van der Waals surface area contributed by atoms with E-state index in [9.17, 15) is 0 Å². The van der Waals surface area contributed by atoms with Gasteiger partial charge in [0.15, 0.2) is 0 Å². The van der Waals surface area contributed by atoms with E-state index in [1.165, 1.54) is 82.6 Å². The Hall–Kier alpha value is -10.9. The molecule has 554 valence electrons. The molecule has 4 nitrogen and oxygen atoms in total. The Morgan fingerprint density at radius 3 is 0.664 bits per heavy atom. The molecular formula is C106H110N4. The highest BCUT2D eigenvalue weighted by Gasteiger charge is 2.33. The van der Waals surface area contributed by atoms with Crippen LogP contribution in [-0.4, -0.2) is 9.13 Å². The second kappa shape index (κ2) is 27.6. The Morgan fingerprint density at radius 1 is 0.191 bits per heavy atom. The van der Waals surface area contributed by atoms with E-state index in [1.54, 1.807) is 0 Å². The summed E-state index contributed by atoms with van der Waals surface area (Å²) in [5.41, 5.74) is 30.2. The fourth-order valence-corrected chi connectivity index (χ4v) is 16.1. The van der Waals surface area contributed by atoms with E-state index in [-0.39, 0.29) is 37.9 Å². The van der Waals surface area contributed by atoms with Crippen LogP contribution in [0.15, 0.2) is 285 Å². The lowest BCUT2D eigenvalue weighted by Crippen LogP contribution is -2.20. The van der Waals surface area contributed by atoms with Crippen molar-refractivity contribution in [2.24, 2.45) is 0 Å². The first-order valence-electron chi connectivity index (χ1n) is 39.7. The van der Waals surface area contributed by atoms with Crippen molar-refractivity contribution in [2.75, 3.05) is 9.80 Å². The second-order valence-corrected chi connectivity index (χ2v) is 38.1. The van der Waals surface area contributed by atoms with Crippen molar-refractivity contribution in [1.29, 1.82) is 0 Å². The standard InChI is InChI=1S/C106H110N4/c1-100(2,3)73-48-52-94-90(58-73)91-59-74(101(4,5)6)49-53-95(91)109(94)82-46-34-44-80(66-82)107(98-86(69-36-26-22-27-37-69)62-78(105(16,17)18)63-87(98)70-38-28-23-29-39-70)84-56-77(104(13,14)15)57-85(68-84)108(99-88(71-40-30-24-31-41-71)64-79(106(19,20)21)65-89(99)72-42-32-25-33-43-72)81-45-35-47-83(67-81)110-96-54-50-75(102(7,8)9)60-92(96)93-61-76(103(10,11)12)51-55-97(93)110/h22-68H,1-21H3. The van der Waals surface area contributed by atoms with Crippen molar-refractivity contribution in [2.45, 2.75) is 183 Å². The van der Waals surface area contributed by atoms with Crippen molar-refractivity contribution in [3.05, 3.63) is 324 Å². The number of benzene rings is 13. The fraction of sp³-hybridized carbons (Fsp3) is 0.264. The maximum absolute atomic E-state index is 2.63. The van der Waals surface area contributed by atoms with Crippen molar-refractivity contribution in [3.8, 4) is 55.9 Å². The fourth-order valence-electron chi connectivity index (χ4n) is 16.1. The van der Waals surface area contributed by atoms with Gasteiger partial charge in [-0.05, 0) is 226 Å². The van der Waals surface area contributed by atoms with Crippen LogP contribution < -0.4 is 9.80 Å². The van der Waals surface area contributed by atoms with Crippen molar-refractivity contribution in [3.63, 3.8) is 0 Å². The highest BCUT2D eigenvalue weighted by atomic mass is 15.2. The summed E-state index contributed by atoms with van der Waals surface area (Å²) in [4.78, 5) is 5.26. The molecule has 13 aromatic carbocycles. The van der Waals surface area contributed by atoms with E-state index in [2.05, 4.69) is 449 Å². The minimum absolute atomic E-state index is 0.0546. The molecule has 0 aliphatic heterocycles. The molecule has 0 saturated carbocycles. The molecule has 15 aromatic rings. The van der Waals surface area contributed by atoms with Crippen LogP contribution in [0.2, 0.25) is 0 Å². The summed E-state index contributed by atoms with van der Waals surface area (Å²) < 4.78 is 5.05. The quantitative estimate of drug-likeness (QED) is 0.121. The maximum atomic E-state index is 2.63. The number of hydrogen-bond acceptors (Lipinski definition) is 2. The summed E-state index contributed by atoms with van der Waals surface area (Å²) in [6.45, 7) is 49.2. The molecular weight excluding hydrogens is 1330 g/mol. The van der Waals surface area contributed by atoms with E-state index in [0.717, 1.165) is 90.0 Å². The summed E-state index contributed by atoms with van der Waals surface area (Å²) >= 11 is 0. The van der Waals surface area contributed by atoms with Gasteiger partial charge < -0.3 is 18.9 Å². The molecule has 0 atom stereocenters. The molecule has 0 radical (unpaired) electrons. The second-order valence-electron chi connectivity index (χ2n) is 38.1. The van der Waals surface area contributed by atoms with Crippen LogP contribution >= 0.6 is 0 Å². The van der Waals surface area contributed by atoms with Gasteiger partial charge in [0.05, 0.1) is 33.4 Å². The largest absolute Gasteiger partial charge is 0.309 e. The minimum Gasteiger partial charge on any atom is -0.309 e. The molecule has 0 N–H and O–H groups in total. The topological polar surface area (TPSA) is 16.3 Å². The van der Waals surface area contributed by atoms with E-state index in [0.29, 0.717) is 0 Å². The molecule has 0 unspecified atom stereocenters. The van der Waals surface area contributed by atoms with Gasteiger partial charge in [-0.2, -0.15) is 0 Å². The minimum atomic E-state index is -0.366. The Bertz CT molecular complexity index is 5350. The first-order chi connectivity index (χ1) is 52.0. The predicted octanol–water partition coefficient (Wildman–Crippen LogP) is 30.6. The third-order valence-electron chi connectivity index (χ3n) is 22.7. The molecule has 0 fully saturated rings. The van der Waals surface area contributed by atoms with Crippen LogP contribution in [0.25, 0.3) is 99.5 Å². The van der Waals surface area contributed by atoms with Crippen LogP contribution in [0.5, 0.6) is 0 Å². The molecule has 15 rings (SSSR count). The zero-order valence-corrected chi connectivity index (χ0v) is 68.9. The van der Waals surface area contributed by atoms with Gasteiger partial charge in [0.25, 0.3) is 0 Å². The third-order valence-corrected chi connectivity index (χ3v) is 22.7. The smallest absolute Gasteiger partial charge is 0.0618 e. The monoisotopic (exact) mass is 1440 g/mol. The normalized spacial score (nSPS) is 12.8. The molecule has 0 aliphatic rings. The van der Waals surface area contributed by atoms with Crippen molar-refractivity contribution in [1.82, 2.24) is 9.13 Å². The Labute approximate surface area is 655 Å². The number of aromatic nitrogens is 2. The maximum Gasteiger partial charge on any atom is 0.0618 e. The summed E-state index contributed by atoms with van der Waals surface area (Å²) in [5, 5.41) is 5.02. The third kappa shape index (κ3) is 14.2. The summed E-state index contributed by atoms with van der Waals surface area (Å²) in [5.74, 6) is 0. The molecule has 0 amide bonds. The van der Waals surface area contributed by atoms with Gasteiger partial charge in [-0.15, -0.1) is 0 Å². The highest BCUT2D eigenvalue weighted by molar-refractivity contribution is 6.12. The number of hydrogen-bond donors (Lipinski definition) is 0. The SMILES string of the molecule is CC(C)(C)c1cc(N(c2cccc(-n3c4ccc(C(C)(C)C)cc4c4cc(C(C)(C)C)ccc43)c2)c2c(-c3ccccc3)cc(C(C)(C)C)cc2-c2ccccc2)cc(N(c2cccc(-n3c4ccc(C(C)(C)C)cc4c4cc(C(C)(C)C)ccc43)c2)c2c(-c3ccccc3)cc(C(C)(C)C)cc2-c2ccccc2)c1. The van der Waals surface area contributed by atoms with Gasteiger partial charge in [0.2, 0.25) is 0 Å². The first-order valence-corrected chi connectivity index (χ1v) is 39.7. The highest BCUT2D eigenvalue weighted by Crippen LogP contribution is 2.55. The first kappa shape index (κ1) is 74.5. The van der Waals surface area contributed by atoms with Gasteiger partial charge in [-0.1, -0.05) is 303 Å². The average Bonchev–Trinajstić information content (AvgIpc) is 1.07. The lowest BCUT2D eigenvalue weighted by molar-refractivity contribution is 0.590. The molecule has 4 heteroatoms. The predicted molar refractivity (Wildman–Crippen MR) is 477 cm³/mol. The molecule has 2 heterocycles. The van der Waals surface area contributed by atoms with Crippen LogP contribution in [0.1, 0.15) is 184 Å². The average molecular weight is 1440 g/mol. The Morgan fingerprint density at radius 2 is 0.427 bits per heavy atom. The van der Waals surface area contributed by atoms with Crippen LogP contribution in [0.4, 0.5) is 34.1 Å². The zero-order valence-electron chi connectivity index (χ0n) is 68.9. The zero-order chi connectivity index (χ0) is 77.9. The van der Waals surface area contributed by atoms with Crippen molar-refractivity contribution < 1.29 is 0 Å². The summed E-state index contributed by atoms with van der Waals surface area (Å²) in [6, 6.07) is 110. The van der Waals surface area contributed by atoms with E-state index in [1.807, 2.05) is 0 Å². The number of anilines is 6. The summed E-state index contributed by atoms with van der Waals surface area (Å²) in [6.07, 6.45) is 0. The molecule has 0 aliphatic carbocycles.